The minimum absolute atomic E-state index is 0.0517. The number of phenols is 2. The molecule has 0 heterocycles. The van der Waals surface area contributed by atoms with Gasteiger partial charge in [0.2, 0.25) is 0 Å². The summed E-state index contributed by atoms with van der Waals surface area (Å²) in [6, 6.07) is 6.06. The number of hydrogen-bond acceptors (Lipinski definition) is 4. The Hall–Kier alpha value is -1.46. The number of aliphatic imine (C=N–C) groups is 2. The number of halogens is 4. The molecule has 28 heavy (non-hydrogen) atoms. The molecule has 0 aromatic heterocycles. The van der Waals surface area contributed by atoms with Crippen LogP contribution in [-0.2, 0) is 0 Å². The van der Waals surface area contributed by atoms with Crippen molar-refractivity contribution in [1.82, 2.24) is 0 Å². The van der Waals surface area contributed by atoms with Gasteiger partial charge in [-0.25, -0.2) is 0 Å². The fourth-order valence-corrected chi connectivity index (χ4v) is 4.18. The third-order valence-electron chi connectivity index (χ3n) is 4.62. The van der Waals surface area contributed by atoms with E-state index in [1.54, 1.807) is 24.6 Å². The first kappa shape index (κ1) is 21.3. The smallest absolute Gasteiger partial charge is 0.143 e. The highest BCUT2D eigenvalue weighted by Gasteiger charge is 2.23. The first-order chi connectivity index (χ1) is 13.3. The van der Waals surface area contributed by atoms with Gasteiger partial charge in [0.15, 0.2) is 0 Å². The van der Waals surface area contributed by atoms with E-state index in [2.05, 4.69) is 9.98 Å². The van der Waals surface area contributed by atoms with Crippen LogP contribution in [0.1, 0.15) is 36.8 Å². The number of nitrogens with zero attached hydrogens (tertiary/aromatic N) is 2. The summed E-state index contributed by atoms with van der Waals surface area (Å²) in [5.74, 6) is -0.103. The Bertz CT molecular complexity index is 855. The molecule has 148 valence electrons. The molecule has 0 bridgehead atoms. The van der Waals surface area contributed by atoms with Gasteiger partial charge in [0.25, 0.3) is 0 Å². The molecule has 0 aliphatic heterocycles. The second-order valence-corrected chi connectivity index (χ2v) is 8.31. The molecular formula is C20H18Cl4N2O2. The van der Waals surface area contributed by atoms with E-state index in [-0.39, 0.29) is 33.6 Å². The molecule has 0 spiro atoms. The molecule has 1 aliphatic carbocycles. The van der Waals surface area contributed by atoms with Gasteiger partial charge >= 0.3 is 0 Å². The quantitative estimate of drug-likeness (QED) is 0.508. The Morgan fingerprint density at radius 2 is 1.11 bits per heavy atom. The van der Waals surface area contributed by atoms with E-state index in [1.165, 1.54) is 12.1 Å². The van der Waals surface area contributed by atoms with Crippen LogP contribution in [0.15, 0.2) is 34.3 Å². The fraction of sp³-hybridized carbons (Fsp3) is 0.300. The van der Waals surface area contributed by atoms with E-state index >= 15 is 0 Å². The number of rotatable bonds is 4. The SMILES string of the molecule is Oc1c(Cl)cc(Cl)cc1C=NC1CCCC[C@@H]1N=Cc1cc(Cl)cc(Cl)c1O. The highest BCUT2D eigenvalue weighted by atomic mass is 35.5. The van der Waals surface area contributed by atoms with Crippen molar-refractivity contribution >= 4 is 58.8 Å². The molecule has 3 rings (SSSR count). The summed E-state index contributed by atoms with van der Waals surface area (Å²) in [4.78, 5) is 9.23. The zero-order chi connectivity index (χ0) is 20.3. The molecule has 0 amide bonds. The molecular weight excluding hydrogens is 442 g/mol. The molecule has 1 unspecified atom stereocenters. The minimum Gasteiger partial charge on any atom is -0.506 e. The number of hydrogen-bond donors (Lipinski definition) is 2. The fourth-order valence-electron chi connectivity index (χ4n) is 3.16. The van der Waals surface area contributed by atoms with Crippen molar-refractivity contribution in [2.24, 2.45) is 9.98 Å². The predicted molar refractivity (Wildman–Crippen MR) is 117 cm³/mol. The summed E-state index contributed by atoms with van der Waals surface area (Å²) in [5.41, 5.74) is 0.926. The lowest BCUT2D eigenvalue weighted by Crippen LogP contribution is -2.27. The maximum atomic E-state index is 10.1. The standard InChI is InChI=1S/C20H18Cl4N2O2/c21-13-5-11(19(27)15(23)7-13)9-25-17-3-1-2-4-18(17)26-10-12-6-14(22)8-16(24)20(12)28/h5-10,17-18,27-28H,1-4H2/t17-,18?/m0/s1. The van der Waals surface area contributed by atoms with Gasteiger partial charge in [0.1, 0.15) is 11.5 Å². The molecule has 2 aromatic rings. The third kappa shape index (κ3) is 5.12. The van der Waals surface area contributed by atoms with Crippen LogP contribution < -0.4 is 0 Å². The molecule has 0 saturated heterocycles. The zero-order valence-electron chi connectivity index (χ0n) is 14.7. The van der Waals surface area contributed by atoms with Gasteiger partial charge in [-0.2, -0.15) is 0 Å². The van der Waals surface area contributed by atoms with Crippen molar-refractivity contribution in [3.05, 3.63) is 55.5 Å². The van der Waals surface area contributed by atoms with Crippen molar-refractivity contribution in [1.29, 1.82) is 0 Å². The number of phenolic OH excluding ortho intramolecular Hbond substituents is 2. The van der Waals surface area contributed by atoms with Gasteiger partial charge in [-0.3, -0.25) is 9.98 Å². The summed E-state index contributed by atoms with van der Waals surface area (Å²) in [5, 5.41) is 21.4. The normalized spacial score (nSPS) is 20.3. The third-order valence-corrected chi connectivity index (χ3v) is 5.63. The van der Waals surface area contributed by atoms with Crippen molar-refractivity contribution in [2.45, 2.75) is 37.8 Å². The lowest BCUT2D eigenvalue weighted by atomic mass is 9.91. The predicted octanol–water partition coefficient (Wildman–Crippen LogP) is 6.56. The van der Waals surface area contributed by atoms with Crippen molar-refractivity contribution in [2.75, 3.05) is 0 Å². The van der Waals surface area contributed by atoms with Gasteiger partial charge in [0.05, 0.1) is 22.1 Å². The van der Waals surface area contributed by atoms with Crippen LogP contribution in [0, 0.1) is 0 Å². The summed E-state index contributed by atoms with van der Waals surface area (Å²) in [6.45, 7) is 0. The Balaban J connectivity index is 1.82. The van der Waals surface area contributed by atoms with Crippen LogP contribution in [0.2, 0.25) is 20.1 Å². The number of aromatic hydroxyl groups is 2. The van der Waals surface area contributed by atoms with Crippen LogP contribution in [-0.4, -0.2) is 34.7 Å². The largest absolute Gasteiger partial charge is 0.506 e. The summed E-state index contributed by atoms with van der Waals surface area (Å²) in [6.07, 6.45) is 7.00. The van der Waals surface area contributed by atoms with Gasteiger partial charge in [-0.05, 0) is 37.1 Å². The van der Waals surface area contributed by atoms with E-state index in [9.17, 15) is 10.2 Å². The average Bonchev–Trinajstić information content (AvgIpc) is 2.65. The van der Waals surface area contributed by atoms with Gasteiger partial charge in [0, 0.05) is 33.6 Å². The maximum absolute atomic E-state index is 10.1. The molecule has 2 aromatic carbocycles. The Kier molecular flexibility index (Phi) is 7.10. The topological polar surface area (TPSA) is 65.2 Å². The Morgan fingerprint density at radius 3 is 1.50 bits per heavy atom. The molecule has 1 aliphatic rings. The lowest BCUT2D eigenvalue weighted by molar-refractivity contribution is 0.390. The average molecular weight is 460 g/mol. The molecule has 0 radical (unpaired) electrons. The van der Waals surface area contributed by atoms with Gasteiger partial charge in [-0.1, -0.05) is 59.2 Å². The van der Waals surface area contributed by atoms with Crippen LogP contribution in [0.5, 0.6) is 11.5 Å². The second kappa shape index (κ2) is 9.36. The highest BCUT2D eigenvalue weighted by molar-refractivity contribution is 6.36. The monoisotopic (exact) mass is 458 g/mol. The molecule has 2 atom stereocenters. The molecule has 2 N–H and O–H groups in total. The first-order valence-electron chi connectivity index (χ1n) is 8.77. The molecule has 1 saturated carbocycles. The van der Waals surface area contributed by atoms with E-state index < -0.39 is 0 Å². The summed E-state index contributed by atoms with van der Waals surface area (Å²) in [7, 11) is 0. The Labute approximate surface area is 183 Å². The molecule has 4 nitrogen and oxygen atoms in total. The molecule has 1 fully saturated rings. The lowest BCUT2D eigenvalue weighted by Gasteiger charge is -2.25. The van der Waals surface area contributed by atoms with Crippen LogP contribution >= 0.6 is 46.4 Å². The van der Waals surface area contributed by atoms with E-state index in [4.69, 9.17) is 46.4 Å². The zero-order valence-corrected chi connectivity index (χ0v) is 17.8. The van der Waals surface area contributed by atoms with E-state index in [0.29, 0.717) is 21.2 Å². The van der Waals surface area contributed by atoms with Crippen LogP contribution in [0.4, 0.5) is 0 Å². The van der Waals surface area contributed by atoms with Crippen LogP contribution in [0.25, 0.3) is 0 Å². The van der Waals surface area contributed by atoms with Gasteiger partial charge in [-0.15, -0.1) is 0 Å². The minimum atomic E-state index is -0.0565. The van der Waals surface area contributed by atoms with Crippen molar-refractivity contribution in [3.8, 4) is 11.5 Å². The maximum Gasteiger partial charge on any atom is 0.143 e. The van der Waals surface area contributed by atoms with E-state index in [0.717, 1.165) is 25.7 Å². The first-order valence-corrected chi connectivity index (χ1v) is 10.3. The summed E-state index contributed by atoms with van der Waals surface area (Å²) < 4.78 is 0. The molecule has 8 heteroatoms. The number of benzene rings is 2. The summed E-state index contributed by atoms with van der Waals surface area (Å²) >= 11 is 23.9. The second-order valence-electron chi connectivity index (χ2n) is 6.63. The van der Waals surface area contributed by atoms with E-state index in [1.807, 2.05) is 0 Å². The highest BCUT2D eigenvalue weighted by Crippen LogP contribution is 2.32. The van der Waals surface area contributed by atoms with Crippen LogP contribution in [0.3, 0.4) is 0 Å². The van der Waals surface area contributed by atoms with Crippen molar-refractivity contribution < 1.29 is 10.2 Å². The Morgan fingerprint density at radius 1 is 0.714 bits per heavy atom. The van der Waals surface area contributed by atoms with Crippen molar-refractivity contribution in [3.63, 3.8) is 0 Å². The van der Waals surface area contributed by atoms with Gasteiger partial charge < -0.3 is 10.2 Å².